The number of esters is 2. The molecular weight excluding hydrogens is 407 g/mol. The van der Waals surface area contributed by atoms with E-state index in [1.165, 1.54) is 57.1 Å². The molecule has 0 aromatic heterocycles. The van der Waals surface area contributed by atoms with Crippen LogP contribution in [0.5, 0.6) is 0 Å². The molecular formula is C27H35FO4. The molecule has 174 valence electrons. The predicted molar refractivity (Wildman–Crippen MR) is 124 cm³/mol. The lowest BCUT2D eigenvalue weighted by Gasteiger charge is -2.10. The van der Waals surface area contributed by atoms with Crippen LogP contribution in [0.15, 0.2) is 48.5 Å². The van der Waals surface area contributed by atoms with Crippen molar-refractivity contribution in [2.45, 2.75) is 77.7 Å². The van der Waals surface area contributed by atoms with Crippen LogP contribution in [0.1, 0.15) is 97.4 Å². The highest BCUT2D eigenvalue weighted by Crippen LogP contribution is 2.15. The number of hydrogen-bond donors (Lipinski definition) is 0. The molecule has 0 heterocycles. The van der Waals surface area contributed by atoms with Crippen LogP contribution in [0.3, 0.4) is 0 Å². The third-order valence-electron chi connectivity index (χ3n) is 5.38. The molecule has 2 aromatic carbocycles. The van der Waals surface area contributed by atoms with E-state index in [9.17, 15) is 14.0 Å². The number of unbranched alkanes of at least 4 members (excludes halogenated alkanes) is 9. The molecule has 0 unspecified atom stereocenters. The molecule has 0 atom stereocenters. The smallest absolute Gasteiger partial charge is 0.339 e. The molecule has 0 spiro atoms. The molecule has 0 amide bonds. The zero-order valence-electron chi connectivity index (χ0n) is 19.1. The highest BCUT2D eigenvalue weighted by molar-refractivity contribution is 6.03. The summed E-state index contributed by atoms with van der Waals surface area (Å²) in [4.78, 5) is 24.9. The Morgan fingerprint density at radius 3 is 1.75 bits per heavy atom. The Hall–Kier alpha value is -2.69. The fraction of sp³-hybridized carbons (Fsp3) is 0.481. The van der Waals surface area contributed by atoms with Gasteiger partial charge in [-0.2, -0.15) is 0 Å². The molecule has 0 fully saturated rings. The van der Waals surface area contributed by atoms with Crippen molar-refractivity contribution in [2.24, 2.45) is 0 Å². The maximum atomic E-state index is 13.0. The summed E-state index contributed by atoms with van der Waals surface area (Å²) in [6, 6.07) is 12.2. The van der Waals surface area contributed by atoms with Crippen molar-refractivity contribution in [1.29, 1.82) is 0 Å². The van der Waals surface area contributed by atoms with Crippen LogP contribution in [-0.2, 0) is 16.1 Å². The molecule has 0 radical (unpaired) electrons. The van der Waals surface area contributed by atoms with Crippen molar-refractivity contribution in [3.05, 3.63) is 71.0 Å². The van der Waals surface area contributed by atoms with Gasteiger partial charge in [-0.1, -0.05) is 89.0 Å². The number of benzene rings is 2. The summed E-state index contributed by atoms with van der Waals surface area (Å²) in [5.74, 6) is -1.48. The normalized spacial score (nSPS) is 10.7. The van der Waals surface area contributed by atoms with Gasteiger partial charge in [-0.3, -0.25) is 0 Å². The summed E-state index contributed by atoms with van der Waals surface area (Å²) in [7, 11) is 0. The second kappa shape index (κ2) is 15.2. The highest BCUT2D eigenvalue weighted by atomic mass is 19.1. The molecule has 2 aromatic rings. The van der Waals surface area contributed by atoms with Crippen molar-refractivity contribution < 1.29 is 23.5 Å². The zero-order valence-corrected chi connectivity index (χ0v) is 19.1. The van der Waals surface area contributed by atoms with Crippen LogP contribution < -0.4 is 0 Å². The molecule has 2 rings (SSSR count). The lowest BCUT2D eigenvalue weighted by Crippen LogP contribution is -2.14. The van der Waals surface area contributed by atoms with E-state index in [1.807, 2.05) is 0 Å². The van der Waals surface area contributed by atoms with Gasteiger partial charge in [0.05, 0.1) is 17.7 Å². The maximum absolute atomic E-state index is 13.0. The Balaban J connectivity index is 1.69. The molecule has 0 saturated carbocycles. The van der Waals surface area contributed by atoms with Gasteiger partial charge in [0, 0.05) is 0 Å². The molecule has 0 aliphatic heterocycles. The maximum Gasteiger partial charge on any atom is 0.339 e. The molecule has 0 aliphatic carbocycles. The van der Waals surface area contributed by atoms with Gasteiger partial charge in [0.15, 0.2) is 0 Å². The molecule has 32 heavy (non-hydrogen) atoms. The first kappa shape index (κ1) is 25.6. The van der Waals surface area contributed by atoms with Crippen LogP contribution in [0.25, 0.3) is 0 Å². The molecule has 0 saturated heterocycles. The van der Waals surface area contributed by atoms with Gasteiger partial charge in [-0.05, 0) is 36.2 Å². The summed E-state index contributed by atoms with van der Waals surface area (Å²) in [6.07, 6.45) is 12.1. The quantitative estimate of drug-likeness (QED) is 0.215. The minimum atomic E-state index is -0.610. The largest absolute Gasteiger partial charge is 0.462 e. The minimum absolute atomic E-state index is 0.00109. The summed E-state index contributed by atoms with van der Waals surface area (Å²) < 4.78 is 23.7. The van der Waals surface area contributed by atoms with E-state index in [1.54, 1.807) is 36.4 Å². The van der Waals surface area contributed by atoms with Crippen molar-refractivity contribution in [2.75, 3.05) is 6.61 Å². The second-order valence-corrected chi connectivity index (χ2v) is 8.07. The van der Waals surface area contributed by atoms with E-state index < -0.39 is 11.9 Å². The number of hydrogen-bond acceptors (Lipinski definition) is 4. The Labute approximate surface area is 191 Å². The van der Waals surface area contributed by atoms with Gasteiger partial charge in [0.25, 0.3) is 0 Å². The Morgan fingerprint density at radius 1 is 0.688 bits per heavy atom. The van der Waals surface area contributed by atoms with Crippen LogP contribution in [0, 0.1) is 5.82 Å². The topological polar surface area (TPSA) is 52.6 Å². The van der Waals surface area contributed by atoms with Gasteiger partial charge in [-0.15, -0.1) is 0 Å². The standard InChI is InChI=1S/C27H35FO4/c1-2-3-4-5-6-7-8-9-10-13-20-31-26(29)24-14-11-12-15-25(24)27(30)32-21-22-16-18-23(28)19-17-22/h11-12,14-19H,2-10,13,20-21H2,1H3. The number of ether oxygens (including phenoxy) is 2. The summed E-state index contributed by atoms with van der Waals surface area (Å²) in [5.41, 5.74) is 1.03. The van der Waals surface area contributed by atoms with E-state index in [-0.39, 0.29) is 23.6 Å². The summed E-state index contributed by atoms with van der Waals surface area (Å²) >= 11 is 0. The minimum Gasteiger partial charge on any atom is -0.462 e. The first-order valence-electron chi connectivity index (χ1n) is 11.8. The van der Waals surface area contributed by atoms with Crippen molar-refractivity contribution in [1.82, 2.24) is 0 Å². The third kappa shape index (κ3) is 9.63. The summed E-state index contributed by atoms with van der Waals surface area (Å²) in [6.45, 7) is 2.57. The third-order valence-corrected chi connectivity index (χ3v) is 5.38. The van der Waals surface area contributed by atoms with Gasteiger partial charge in [0.2, 0.25) is 0 Å². The Bertz CT molecular complexity index is 817. The van der Waals surface area contributed by atoms with E-state index in [0.717, 1.165) is 19.3 Å². The van der Waals surface area contributed by atoms with Gasteiger partial charge in [0.1, 0.15) is 12.4 Å². The first-order valence-corrected chi connectivity index (χ1v) is 11.8. The predicted octanol–water partition coefficient (Wildman–Crippen LogP) is 7.26. The molecule has 0 bridgehead atoms. The average Bonchev–Trinajstić information content (AvgIpc) is 2.82. The molecule has 5 heteroatoms. The Morgan fingerprint density at radius 2 is 1.19 bits per heavy atom. The van der Waals surface area contributed by atoms with Crippen LogP contribution in [0.4, 0.5) is 4.39 Å². The van der Waals surface area contributed by atoms with Gasteiger partial charge in [-0.25, -0.2) is 14.0 Å². The highest BCUT2D eigenvalue weighted by Gasteiger charge is 2.19. The summed E-state index contributed by atoms with van der Waals surface area (Å²) in [5, 5.41) is 0. The zero-order chi connectivity index (χ0) is 23.0. The van der Waals surface area contributed by atoms with Crippen LogP contribution in [0.2, 0.25) is 0 Å². The molecule has 0 aliphatic rings. The average molecular weight is 443 g/mol. The van der Waals surface area contributed by atoms with E-state index in [0.29, 0.717) is 12.2 Å². The molecule has 4 nitrogen and oxygen atoms in total. The van der Waals surface area contributed by atoms with E-state index >= 15 is 0 Å². The van der Waals surface area contributed by atoms with E-state index in [4.69, 9.17) is 9.47 Å². The van der Waals surface area contributed by atoms with Crippen LogP contribution >= 0.6 is 0 Å². The molecule has 0 N–H and O–H groups in total. The lowest BCUT2D eigenvalue weighted by molar-refractivity contribution is 0.0436. The van der Waals surface area contributed by atoms with Crippen molar-refractivity contribution in [3.63, 3.8) is 0 Å². The lowest BCUT2D eigenvalue weighted by atomic mass is 10.1. The van der Waals surface area contributed by atoms with Crippen LogP contribution in [-0.4, -0.2) is 18.5 Å². The number of carbonyl (C=O) groups is 2. The number of rotatable bonds is 15. The second-order valence-electron chi connectivity index (χ2n) is 8.07. The first-order chi connectivity index (χ1) is 15.6. The Kier molecular flexibility index (Phi) is 12.1. The fourth-order valence-corrected chi connectivity index (χ4v) is 3.48. The van der Waals surface area contributed by atoms with E-state index in [2.05, 4.69) is 6.92 Å². The van der Waals surface area contributed by atoms with Gasteiger partial charge < -0.3 is 9.47 Å². The SMILES string of the molecule is CCCCCCCCCCCCOC(=O)c1ccccc1C(=O)OCc1ccc(F)cc1. The van der Waals surface area contributed by atoms with Crippen molar-refractivity contribution >= 4 is 11.9 Å². The number of carbonyl (C=O) groups excluding carboxylic acids is 2. The van der Waals surface area contributed by atoms with Gasteiger partial charge >= 0.3 is 11.9 Å². The number of halogens is 1. The fourth-order valence-electron chi connectivity index (χ4n) is 3.48. The van der Waals surface area contributed by atoms with Crippen molar-refractivity contribution in [3.8, 4) is 0 Å². The monoisotopic (exact) mass is 442 g/mol.